The number of ether oxygens (including phenoxy) is 1. The van der Waals surface area contributed by atoms with Crippen LogP contribution in [-0.2, 0) is 9.53 Å². The van der Waals surface area contributed by atoms with E-state index in [2.05, 4.69) is 5.32 Å². The molecule has 1 aliphatic carbocycles. The molecule has 3 N–H and O–H groups in total. The number of thioether (sulfide) groups is 1. The Kier molecular flexibility index (Phi) is 6.18. The van der Waals surface area contributed by atoms with E-state index in [4.69, 9.17) is 10.5 Å². The second-order valence-electron chi connectivity index (χ2n) is 5.95. The summed E-state index contributed by atoms with van der Waals surface area (Å²) < 4.78 is 5.64. The zero-order valence-electron chi connectivity index (χ0n) is 12.5. The average molecular weight is 300 g/mol. The van der Waals surface area contributed by atoms with Gasteiger partial charge in [-0.2, -0.15) is 11.8 Å². The molecule has 0 spiro atoms. The SMILES string of the molecule is CCNC1(C(N)=O)CCCC1CCSCC1CCCO1. The van der Waals surface area contributed by atoms with Crippen molar-refractivity contribution in [3.8, 4) is 0 Å². The van der Waals surface area contributed by atoms with Gasteiger partial charge in [0.2, 0.25) is 5.91 Å². The van der Waals surface area contributed by atoms with E-state index in [1.54, 1.807) is 0 Å². The lowest BCUT2D eigenvalue weighted by Crippen LogP contribution is -2.57. The van der Waals surface area contributed by atoms with Crippen molar-refractivity contribution < 1.29 is 9.53 Å². The van der Waals surface area contributed by atoms with Crippen molar-refractivity contribution in [1.82, 2.24) is 5.32 Å². The van der Waals surface area contributed by atoms with E-state index < -0.39 is 5.54 Å². The van der Waals surface area contributed by atoms with Gasteiger partial charge in [-0.15, -0.1) is 0 Å². The van der Waals surface area contributed by atoms with Crippen molar-refractivity contribution >= 4 is 17.7 Å². The molecular weight excluding hydrogens is 272 g/mol. The summed E-state index contributed by atoms with van der Waals surface area (Å²) in [5, 5.41) is 3.38. The Morgan fingerprint density at radius 1 is 1.45 bits per heavy atom. The van der Waals surface area contributed by atoms with E-state index >= 15 is 0 Å². The van der Waals surface area contributed by atoms with E-state index in [-0.39, 0.29) is 5.91 Å². The average Bonchev–Trinajstić information content (AvgIpc) is 3.05. The van der Waals surface area contributed by atoms with Crippen LogP contribution >= 0.6 is 11.8 Å². The topological polar surface area (TPSA) is 64.3 Å². The Hall–Kier alpha value is -0.260. The van der Waals surface area contributed by atoms with Crippen LogP contribution in [0.3, 0.4) is 0 Å². The van der Waals surface area contributed by atoms with Crippen LogP contribution in [0.2, 0.25) is 0 Å². The third-order valence-electron chi connectivity index (χ3n) is 4.69. The summed E-state index contributed by atoms with van der Waals surface area (Å²) in [5.41, 5.74) is 5.24. The van der Waals surface area contributed by atoms with Gasteiger partial charge < -0.3 is 15.8 Å². The van der Waals surface area contributed by atoms with Crippen molar-refractivity contribution in [2.45, 2.75) is 57.1 Å². The van der Waals surface area contributed by atoms with Gasteiger partial charge in [0.1, 0.15) is 5.54 Å². The monoisotopic (exact) mass is 300 g/mol. The summed E-state index contributed by atoms with van der Waals surface area (Å²) in [7, 11) is 0. The molecule has 0 radical (unpaired) electrons. The van der Waals surface area contributed by atoms with Crippen LogP contribution in [0.4, 0.5) is 0 Å². The van der Waals surface area contributed by atoms with Crippen LogP contribution in [0, 0.1) is 5.92 Å². The molecule has 20 heavy (non-hydrogen) atoms. The maximum Gasteiger partial charge on any atom is 0.238 e. The first-order valence-corrected chi connectivity index (χ1v) is 9.09. The first kappa shape index (κ1) is 16.1. The molecule has 2 rings (SSSR count). The molecular formula is C15H28N2O2S. The Labute approximate surface area is 126 Å². The molecule has 4 nitrogen and oxygen atoms in total. The normalized spacial score (nSPS) is 33.6. The predicted octanol–water partition coefficient (Wildman–Crippen LogP) is 1.92. The van der Waals surface area contributed by atoms with Gasteiger partial charge in [-0.05, 0) is 50.3 Å². The number of carbonyl (C=O) groups is 1. The molecule has 1 heterocycles. The highest BCUT2D eigenvalue weighted by Crippen LogP contribution is 2.38. The predicted molar refractivity (Wildman–Crippen MR) is 83.9 cm³/mol. The fourth-order valence-corrected chi connectivity index (χ4v) is 4.79. The largest absolute Gasteiger partial charge is 0.377 e. The summed E-state index contributed by atoms with van der Waals surface area (Å²) in [5.74, 6) is 2.44. The third-order valence-corrected chi connectivity index (χ3v) is 5.82. The number of primary amides is 1. The lowest BCUT2D eigenvalue weighted by Gasteiger charge is -2.33. The minimum Gasteiger partial charge on any atom is -0.377 e. The molecule has 0 bridgehead atoms. The van der Waals surface area contributed by atoms with Gasteiger partial charge in [0.15, 0.2) is 0 Å². The third kappa shape index (κ3) is 3.68. The van der Waals surface area contributed by atoms with Crippen LogP contribution in [-0.4, -0.2) is 42.2 Å². The highest BCUT2D eigenvalue weighted by atomic mass is 32.2. The molecule has 5 heteroatoms. The van der Waals surface area contributed by atoms with Gasteiger partial charge >= 0.3 is 0 Å². The minimum atomic E-state index is -0.445. The van der Waals surface area contributed by atoms with E-state index in [1.165, 1.54) is 12.8 Å². The van der Waals surface area contributed by atoms with Gasteiger partial charge in [-0.3, -0.25) is 4.79 Å². The molecule has 116 valence electrons. The summed E-state index contributed by atoms with van der Waals surface area (Å²) in [4.78, 5) is 11.9. The molecule has 1 saturated carbocycles. The Balaban J connectivity index is 1.76. The number of likely N-dealkylation sites (N-methyl/N-ethyl adjacent to an activating group) is 1. The summed E-state index contributed by atoms with van der Waals surface area (Å²) in [6, 6.07) is 0. The van der Waals surface area contributed by atoms with Gasteiger partial charge in [0.25, 0.3) is 0 Å². The van der Waals surface area contributed by atoms with Gasteiger partial charge in [0.05, 0.1) is 6.10 Å². The second kappa shape index (κ2) is 7.66. The number of amides is 1. The molecule has 1 saturated heterocycles. The number of hydrogen-bond acceptors (Lipinski definition) is 4. The van der Waals surface area contributed by atoms with Crippen molar-refractivity contribution in [3.05, 3.63) is 0 Å². The minimum absolute atomic E-state index is 0.161. The molecule has 0 aromatic rings. The first-order valence-electron chi connectivity index (χ1n) is 7.93. The van der Waals surface area contributed by atoms with E-state index in [1.807, 2.05) is 18.7 Å². The highest BCUT2D eigenvalue weighted by molar-refractivity contribution is 7.99. The fourth-order valence-electron chi connectivity index (χ4n) is 3.64. The zero-order chi connectivity index (χ0) is 14.4. The van der Waals surface area contributed by atoms with Crippen molar-refractivity contribution in [2.24, 2.45) is 11.7 Å². The molecule has 2 aliphatic rings. The summed E-state index contributed by atoms with van der Waals surface area (Å²) in [6.45, 7) is 3.79. The number of hydrogen-bond donors (Lipinski definition) is 2. The number of nitrogens with two attached hydrogens (primary N) is 1. The molecule has 3 unspecified atom stereocenters. The number of carbonyl (C=O) groups excluding carboxylic acids is 1. The van der Waals surface area contributed by atoms with Crippen molar-refractivity contribution in [1.29, 1.82) is 0 Å². The standard InChI is InChI=1S/C15H28N2O2S/c1-2-17-15(14(16)18)8-3-5-12(15)7-10-20-11-13-6-4-9-19-13/h12-13,17H,2-11H2,1H3,(H2,16,18). The van der Waals surface area contributed by atoms with E-state index in [9.17, 15) is 4.79 Å². The zero-order valence-corrected chi connectivity index (χ0v) is 13.3. The molecule has 1 amide bonds. The summed E-state index contributed by atoms with van der Waals surface area (Å²) >= 11 is 1.96. The Morgan fingerprint density at radius 3 is 2.95 bits per heavy atom. The number of rotatable bonds is 8. The quantitative estimate of drug-likeness (QED) is 0.672. The smallest absolute Gasteiger partial charge is 0.238 e. The molecule has 0 aromatic carbocycles. The van der Waals surface area contributed by atoms with Crippen LogP contribution in [0.25, 0.3) is 0 Å². The van der Waals surface area contributed by atoms with Gasteiger partial charge in [-0.25, -0.2) is 0 Å². The second-order valence-corrected chi connectivity index (χ2v) is 7.10. The van der Waals surface area contributed by atoms with E-state index in [0.29, 0.717) is 12.0 Å². The van der Waals surface area contributed by atoms with Crippen LogP contribution < -0.4 is 11.1 Å². The van der Waals surface area contributed by atoms with Crippen molar-refractivity contribution in [2.75, 3.05) is 24.7 Å². The molecule has 3 atom stereocenters. The maximum atomic E-state index is 11.9. The fraction of sp³-hybridized carbons (Fsp3) is 0.933. The lowest BCUT2D eigenvalue weighted by atomic mass is 9.84. The van der Waals surface area contributed by atoms with Gasteiger partial charge in [-0.1, -0.05) is 13.3 Å². The van der Waals surface area contributed by atoms with Gasteiger partial charge in [0, 0.05) is 12.4 Å². The maximum absolute atomic E-state index is 11.9. The molecule has 1 aliphatic heterocycles. The van der Waals surface area contributed by atoms with E-state index in [0.717, 1.165) is 50.3 Å². The van der Waals surface area contributed by atoms with Crippen LogP contribution in [0.15, 0.2) is 0 Å². The Bertz CT molecular complexity index is 321. The highest BCUT2D eigenvalue weighted by Gasteiger charge is 2.46. The van der Waals surface area contributed by atoms with Crippen LogP contribution in [0.5, 0.6) is 0 Å². The summed E-state index contributed by atoms with van der Waals surface area (Å²) in [6.07, 6.45) is 7.08. The number of nitrogens with one attached hydrogen (secondary N) is 1. The Morgan fingerprint density at radius 2 is 2.30 bits per heavy atom. The van der Waals surface area contributed by atoms with Crippen molar-refractivity contribution in [3.63, 3.8) is 0 Å². The first-order chi connectivity index (χ1) is 9.69. The van der Waals surface area contributed by atoms with Crippen LogP contribution in [0.1, 0.15) is 45.4 Å². The molecule has 2 fully saturated rings. The lowest BCUT2D eigenvalue weighted by molar-refractivity contribution is -0.125. The molecule has 0 aromatic heterocycles.